The molecule has 0 spiro atoms. The molecule has 2 fully saturated rings. The van der Waals surface area contributed by atoms with Gasteiger partial charge in [0.2, 0.25) is 5.91 Å². The second-order valence-corrected chi connectivity index (χ2v) is 6.91. The molecule has 0 aromatic rings. The van der Waals surface area contributed by atoms with E-state index in [1.165, 1.54) is 25.7 Å². The molecular formula is C14H23NO2S. The van der Waals surface area contributed by atoms with E-state index in [1.807, 2.05) is 16.7 Å². The smallest absolute Gasteiger partial charge is 0.232 e. The Bertz CT molecular complexity index is 309. The number of amides is 1. The zero-order chi connectivity index (χ0) is 13.0. The molecule has 2 aliphatic rings. The lowest BCUT2D eigenvalue weighted by atomic mass is 9.91. The van der Waals surface area contributed by atoms with Crippen molar-refractivity contribution in [1.82, 2.24) is 4.90 Å². The van der Waals surface area contributed by atoms with Gasteiger partial charge in [-0.2, -0.15) is 0 Å². The Hall–Kier alpha value is -0.510. The van der Waals surface area contributed by atoms with Crippen LogP contribution in [-0.2, 0) is 9.59 Å². The van der Waals surface area contributed by atoms with E-state index in [0.717, 1.165) is 5.92 Å². The number of hydrogen-bond acceptors (Lipinski definition) is 3. The Morgan fingerprint density at radius 1 is 1.33 bits per heavy atom. The van der Waals surface area contributed by atoms with Crippen molar-refractivity contribution in [3.05, 3.63) is 0 Å². The van der Waals surface area contributed by atoms with Gasteiger partial charge in [0.05, 0.1) is 5.75 Å². The van der Waals surface area contributed by atoms with Gasteiger partial charge in [-0.1, -0.05) is 19.8 Å². The van der Waals surface area contributed by atoms with Crippen molar-refractivity contribution in [3.63, 3.8) is 0 Å². The van der Waals surface area contributed by atoms with E-state index >= 15 is 0 Å². The van der Waals surface area contributed by atoms with Gasteiger partial charge in [0.1, 0.15) is 5.78 Å². The molecule has 4 heteroatoms. The molecule has 2 unspecified atom stereocenters. The zero-order valence-corrected chi connectivity index (χ0v) is 12.0. The van der Waals surface area contributed by atoms with Crippen LogP contribution in [0.4, 0.5) is 0 Å². The maximum Gasteiger partial charge on any atom is 0.232 e. The second kappa shape index (κ2) is 6.60. The number of likely N-dealkylation sites (tertiary alicyclic amines) is 1. The highest BCUT2D eigenvalue weighted by atomic mass is 32.2. The van der Waals surface area contributed by atoms with Gasteiger partial charge in [-0.25, -0.2) is 0 Å². The third kappa shape index (κ3) is 4.01. The average Bonchev–Trinajstić information content (AvgIpc) is 2.37. The van der Waals surface area contributed by atoms with Crippen molar-refractivity contribution in [2.45, 2.75) is 50.7 Å². The third-order valence-electron chi connectivity index (χ3n) is 4.00. The van der Waals surface area contributed by atoms with Crippen LogP contribution in [0.15, 0.2) is 0 Å². The van der Waals surface area contributed by atoms with Crippen molar-refractivity contribution in [2.75, 3.05) is 18.8 Å². The Kier molecular flexibility index (Phi) is 5.10. The van der Waals surface area contributed by atoms with E-state index in [-0.39, 0.29) is 5.91 Å². The number of hydrogen-bond donors (Lipinski definition) is 0. The Morgan fingerprint density at radius 2 is 2.06 bits per heavy atom. The Labute approximate surface area is 114 Å². The zero-order valence-electron chi connectivity index (χ0n) is 11.2. The maximum atomic E-state index is 12.0. The van der Waals surface area contributed by atoms with E-state index in [9.17, 15) is 9.59 Å². The van der Waals surface area contributed by atoms with E-state index < -0.39 is 0 Å². The lowest BCUT2D eigenvalue weighted by molar-refractivity contribution is -0.132. The summed E-state index contributed by atoms with van der Waals surface area (Å²) in [5, 5.41) is 0.670. The molecule has 1 saturated heterocycles. The van der Waals surface area contributed by atoms with Gasteiger partial charge < -0.3 is 4.90 Å². The molecule has 0 bridgehead atoms. The molecule has 1 heterocycles. The first-order valence-electron chi connectivity index (χ1n) is 7.06. The summed E-state index contributed by atoms with van der Waals surface area (Å²) < 4.78 is 0. The molecule has 1 aliphatic carbocycles. The summed E-state index contributed by atoms with van der Waals surface area (Å²) in [5.74, 6) is 1.95. The fraction of sp³-hybridized carbons (Fsp3) is 0.857. The van der Waals surface area contributed by atoms with Crippen molar-refractivity contribution < 1.29 is 9.59 Å². The molecule has 0 N–H and O–H groups in total. The second-order valence-electron chi connectivity index (χ2n) is 5.62. The molecule has 18 heavy (non-hydrogen) atoms. The van der Waals surface area contributed by atoms with Gasteiger partial charge in [-0.05, 0) is 18.8 Å². The van der Waals surface area contributed by atoms with Crippen molar-refractivity contribution in [1.29, 1.82) is 0 Å². The minimum Gasteiger partial charge on any atom is -0.341 e. The number of rotatable bonds is 3. The lowest BCUT2D eigenvalue weighted by Crippen LogP contribution is -2.39. The lowest BCUT2D eigenvalue weighted by Gasteiger charge is -2.29. The normalized spacial score (nSPS) is 29.4. The largest absolute Gasteiger partial charge is 0.341 e. The van der Waals surface area contributed by atoms with E-state index in [0.29, 0.717) is 42.7 Å². The van der Waals surface area contributed by atoms with Crippen molar-refractivity contribution >= 4 is 23.5 Å². The first kappa shape index (κ1) is 13.9. The van der Waals surface area contributed by atoms with Crippen LogP contribution in [0.2, 0.25) is 0 Å². The SMILES string of the molecule is CC1CCCC(SCC(=O)N2CCC(=O)CC2)C1. The molecule has 102 valence electrons. The molecule has 0 aromatic carbocycles. The number of Topliss-reactive ketones (excluding diaryl/α,β-unsaturated/α-hetero) is 1. The standard InChI is InChI=1S/C14H23NO2S/c1-11-3-2-4-13(9-11)18-10-14(17)15-7-5-12(16)6-8-15/h11,13H,2-10H2,1H3. The van der Waals surface area contributed by atoms with Crippen molar-refractivity contribution in [3.8, 4) is 0 Å². The highest BCUT2D eigenvalue weighted by molar-refractivity contribution is 8.00. The number of piperidine rings is 1. The molecule has 2 atom stereocenters. The molecule has 0 aromatic heterocycles. The predicted octanol–water partition coefficient (Wildman–Crippen LogP) is 2.49. The monoisotopic (exact) mass is 269 g/mol. The molecule has 3 nitrogen and oxygen atoms in total. The van der Waals surface area contributed by atoms with Crippen LogP contribution in [0.25, 0.3) is 0 Å². The Balaban J connectivity index is 1.69. The number of ketones is 1. The third-order valence-corrected chi connectivity index (χ3v) is 5.32. The number of carbonyl (C=O) groups excluding carboxylic acids is 2. The topological polar surface area (TPSA) is 37.4 Å². The number of nitrogens with zero attached hydrogens (tertiary/aromatic N) is 1. The predicted molar refractivity (Wildman–Crippen MR) is 74.7 cm³/mol. The fourth-order valence-electron chi connectivity index (χ4n) is 2.82. The molecule has 1 aliphatic heterocycles. The summed E-state index contributed by atoms with van der Waals surface area (Å²) in [6.07, 6.45) is 6.29. The Morgan fingerprint density at radius 3 is 2.72 bits per heavy atom. The molecule has 2 rings (SSSR count). The minimum atomic E-state index is 0.228. The van der Waals surface area contributed by atoms with Crippen LogP contribution < -0.4 is 0 Å². The maximum absolute atomic E-state index is 12.0. The molecular weight excluding hydrogens is 246 g/mol. The number of thioether (sulfide) groups is 1. The summed E-state index contributed by atoms with van der Waals surface area (Å²) in [6, 6.07) is 0. The van der Waals surface area contributed by atoms with Crippen LogP contribution in [0.1, 0.15) is 45.4 Å². The van der Waals surface area contributed by atoms with Gasteiger partial charge in [0.25, 0.3) is 0 Å². The molecule has 0 radical (unpaired) electrons. The summed E-state index contributed by atoms with van der Waals surface area (Å²) in [5.41, 5.74) is 0. The van der Waals surface area contributed by atoms with Crippen LogP contribution in [0, 0.1) is 5.92 Å². The average molecular weight is 269 g/mol. The van der Waals surface area contributed by atoms with E-state index in [1.54, 1.807) is 0 Å². The summed E-state index contributed by atoms with van der Waals surface area (Å²) in [7, 11) is 0. The van der Waals surface area contributed by atoms with E-state index in [4.69, 9.17) is 0 Å². The van der Waals surface area contributed by atoms with Gasteiger partial charge in [-0.3, -0.25) is 9.59 Å². The molecule has 1 amide bonds. The first-order valence-corrected chi connectivity index (χ1v) is 8.11. The van der Waals surface area contributed by atoms with E-state index in [2.05, 4.69) is 6.92 Å². The van der Waals surface area contributed by atoms with Crippen LogP contribution in [0.5, 0.6) is 0 Å². The summed E-state index contributed by atoms with van der Waals surface area (Å²) in [6.45, 7) is 3.59. The quantitative estimate of drug-likeness (QED) is 0.790. The van der Waals surface area contributed by atoms with Crippen molar-refractivity contribution in [2.24, 2.45) is 5.92 Å². The van der Waals surface area contributed by atoms with Crippen LogP contribution in [-0.4, -0.2) is 40.7 Å². The minimum absolute atomic E-state index is 0.228. The molecule has 1 saturated carbocycles. The van der Waals surface area contributed by atoms with Crippen LogP contribution in [0.3, 0.4) is 0 Å². The highest BCUT2D eigenvalue weighted by Gasteiger charge is 2.23. The number of carbonyl (C=O) groups is 2. The van der Waals surface area contributed by atoms with Gasteiger partial charge in [-0.15, -0.1) is 11.8 Å². The summed E-state index contributed by atoms with van der Waals surface area (Å²) in [4.78, 5) is 25.0. The fourth-order valence-corrected chi connectivity index (χ4v) is 4.17. The highest BCUT2D eigenvalue weighted by Crippen LogP contribution is 2.32. The van der Waals surface area contributed by atoms with Gasteiger partial charge >= 0.3 is 0 Å². The van der Waals surface area contributed by atoms with Crippen LogP contribution >= 0.6 is 11.8 Å². The van der Waals surface area contributed by atoms with Gasteiger partial charge in [0.15, 0.2) is 0 Å². The first-order chi connectivity index (χ1) is 8.65. The van der Waals surface area contributed by atoms with Gasteiger partial charge in [0, 0.05) is 31.2 Å². The summed E-state index contributed by atoms with van der Waals surface area (Å²) >= 11 is 1.83.